The van der Waals surface area contributed by atoms with Gasteiger partial charge in [0.25, 0.3) is 5.91 Å². The molecule has 4 nitrogen and oxygen atoms in total. The molecule has 1 aliphatic heterocycles. The Labute approximate surface area is 116 Å². The zero-order valence-corrected chi connectivity index (χ0v) is 11.7. The molecule has 0 bridgehead atoms. The monoisotopic (exact) mass is 286 g/mol. The van der Waals surface area contributed by atoms with Crippen molar-refractivity contribution in [1.29, 1.82) is 0 Å². The molecule has 1 aromatic heterocycles. The van der Waals surface area contributed by atoms with Gasteiger partial charge >= 0.3 is 0 Å². The van der Waals surface area contributed by atoms with E-state index in [0.717, 1.165) is 6.20 Å². The van der Waals surface area contributed by atoms with Crippen LogP contribution in [0.4, 0.5) is 4.39 Å². The molecule has 1 aliphatic rings. The van der Waals surface area contributed by atoms with E-state index in [-0.39, 0.29) is 17.6 Å². The molecule has 0 aliphatic carbocycles. The summed E-state index contributed by atoms with van der Waals surface area (Å²) in [5.74, 6) is -0.669. The largest absolute Gasteiger partial charge is 0.367 e. The molecule has 6 heteroatoms. The van der Waals surface area contributed by atoms with Gasteiger partial charge in [-0.2, -0.15) is 0 Å². The Balaban J connectivity index is 2.21. The van der Waals surface area contributed by atoms with Gasteiger partial charge in [-0.05, 0) is 19.9 Å². The molecule has 1 saturated heterocycles. The molecular formula is C13H16ClFN2O2. The highest BCUT2D eigenvalue weighted by atomic mass is 35.5. The van der Waals surface area contributed by atoms with Crippen LogP contribution in [0.15, 0.2) is 18.5 Å². The first-order valence-electron chi connectivity index (χ1n) is 6.05. The van der Waals surface area contributed by atoms with Crippen LogP contribution in [0.1, 0.15) is 24.2 Å². The summed E-state index contributed by atoms with van der Waals surface area (Å²) in [5, 5.41) is 0. The van der Waals surface area contributed by atoms with E-state index in [1.807, 2.05) is 13.8 Å². The first kappa shape index (κ1) is 14.2. The molecule has 0 saturated carbocycles. The van der Waals surface area contributed by atoms with E-state index in [2.05, 4.69) is 4.98 Å². The molecule has 104 valence electrons. The molecule has 0 spiro atoms. The van der Waals surface area contributed by atoms with Crippen LogP contribution >= 0.6 is 11.6 Å². The number of amides is 1. The first-order valence-corrected chi connectivity index (χ1v) is 6.59. The fraction of sp³-hybridized carbons (Fsp3) is 0.538. The van der Waals surface area contributed by atoms with Crippen molar-refractivity contribution in [2.24, 2.45) is 0 Å². The van der Waals surface area contributed by atoms with Gasteiger partial charge in [-0.3, -0.25) is 9.78 Å². The fourth-order valence-electron chi connectivity index (χ4n) is 2.25. The molecule has 1 aromatic rings. The summed E-state index contributed by atoms with van der Waals surface area (Å²) in [4.78, 5) is 17.5. The van der Waals surface area contributed by atoms with Gasteiger partial charge in [0.2, 0.25) is 0 Å². The van der Waals surface area contributed by atoms with Crippen LogP contribution in [-0.4, -0.2) is 46.5 Å². The minimum atomic E-state index is -0.612. The lowest BCUT2D eigenvalue weighted by Gasteiger charge is -2.42. The Kier molecular flexibility index (Phi) is 4.06. The molecule has 1 fully saturated rings. The Bertz CT molecular complexity index is 481. The van der Waals surface area contributed by atoms with Crippen LogP contribution in [0.25, 0.3) is 0 Å². The fourth-order valence-corrected chi connectivity index (χ4v) is 2.41. The summed E-state index contributed by atoms with van der Waals surface area (Å²) < 4.78 is 19.3. The Morgan fingerprint density at radius 1 is 1.68 bits per heavy atom. The van der Waals surface area contributed by atoms with Gasteiger partial charge in [0.05, 0.1) is 29.3 Å². The lowest BCUT2D eigenvalue weighted by atomic mass is 10.0. The van der Waals surface area contributed by atoms with Gasteiger partial charge in [0, 0.05) is 19.3 Å². The summed E-state index contributed by atoms with van der Waals surface area (Å²) in [6.45, 7) is 4.54. The van der Waals surface area contributed by atoms with Crippen molar-refractivity contribution in [3.8, 4) is 0 Å². The summed E-state index contributed by atoms with van der Waals surface area (Å²) in [5.41, 5.74) is -0.460. The van der Waals surface area contributed by atoms with E-state index < -0.39 is 11.4 Å². The minimum Gasteiger partial charge on any atom is -0.367 e. The van der Waals surface area contributed by atoms with Gasteiger partial charge in [0.1, 0.15) is 0 Å². The van der Waals surface area contributed by atoms with Crippen molar-refractivity contribution in [2.45, 2.75) is 25.6 Å². The maximum Gasteiger partial charge on any atom is 0.257 e. The second-order valence-electron chi connectivity index (χ2n) is 5.20. The second kappa shape index (κ2) is 5.43. The topological polar surface area (TPSA) is 42.4 Å². The number of carbonyl (C=O) groups is 1. The summed E-state index contributed by atoms with van der Waals surface area (Å²) in [6.07, 6.45) is 2.21. The standard InChI is InChI=1S/C13H16ClFN2O2/c1-13(2)8-17(7-9(5-14)19-13)12(18)10-3-4-16-6-11(10)15/h3-4,6,9H,5,7-8H2,1-2H3. The Morgan fingerprint density at radius 2 is 2.42 bits per heavy atom. The van der Waals surface area contributed by atoms with Crippen LogP contribution in [0.2, 0.25) is 0 Å². The summed E-state index contributed by atoms with van der Waals surface area (Å²) in [7, 11) is 0. The molecule has 1 amide bonds. The normalized spacial score (nSPS) is 22.3. The number of hydrogen-bond acceptors (Lipinski definition) is 3. The quantitative estimate of drug-likeness (QED) is 0.782. The van der Waals surface area contributed by atoms with Crippen LogP contribution < -0.4 is 0 Å². The van der Waals surface area contributed by atoms with E-state index >= 15 is 0 Å². The van der Waals surface area contributed by atoms with Crippen LogP contribution in [-0.2, 0) is 4.74 Å². The zero-order valence-electron chi connectivity index (χ0n) is 10.9. The lowest BCUT2D eigenvalue weighted by molar-refractivity contribution is -0.117. The number of hydrogen-bond donors (Lipinski definition) is 0. The predicted octanol–water partition coefficient (Wildman–Crippen LogP) is 2.08. The number of nitrogens with zero attached hydrogens (tertiary/aromatic N) is 2. The number of alkyl halides is 1. The number of aromatic nitrogens is 1. The SMILES string of the molecule is CC1(C)CN(C(=O)c2ccncc2F)CC(CCl)O1. The molecule has 1 unspecified atom stereocenters. The third-order valence-corrected chi connectivity index (χ3v) is 3.29. The number of carbonyl (C=O) groups excluding carboxylic acids is 1. The van der Waals surface area contributed by atoms with Gasteiger partial charge in [-0.25, -0.2) is 4.39 Å². The summed E-state index contributed by atoms with van der Waals surface area (Å²) in [6, 6.07) is 1.38. The van der Waals surface area contributed by atoms with E-state index in [1.165, 1.54) is 12.3 Å². The number of morpholine rings is 1. The number of pyridine rings is 1. The van der Waals surface area contributed by atoms with E-state index in [4.69, 9.17) is 16.3 Å². The Hall–Kier alpha value is -1.20. The van der Waals surface area contributed by atoms with Crippen LogP contribution in [0, 0.1) is 5.82 Å². The predicted molar refractivity (Wildman–Crippen MR) is 69.8 cm³/mol. The molecule has 2 rings (SSSR count). The van der Waals surface area contributed by atoms with Gasteiger partial charge in [-0.15, -0.1) is 11.6 Å². The maximum absolute atomic E-state index is 13.6. The molecule has 1 atom stereocenters. The second-order valence-corrected chi connectivity index (χ2v) is 5.50. The maximum atomic E-state index is 13.6. The summed E-state index contributed by atoms with van der Waals surface area (Å²) >= 11 is 5.81. The first-order chi connectivity index (χ1) is 8.93. The number of rotatable bonds is 2. The molecule has 19 heavy (non-hydrogen) atoms. The average molecular weight is 287 g/mol. The van der Waals surface area contributed by atoms with Gasteiger partial charge in [0.15, 0.2) is 5.82 Å². The molecule has 0 aromatic carbocycles. The zero-order chi connectivity index (χ0) is 14.0. The highest BCUT2D eigenvalue weighted by molar-refractivity contribution is 6.18. The van der Waals surface area contributed by atoms with Crippen LogP contribution in [0.3, 0.4) is 0 Å². The van der Waals surface area contributed by atoms with Crippen molar-refractivity contribution < 1.29 is 13.9 Å². The van der Waals surface area contributed by atoms with Gasteiger partial charge in [-0.1, -0.05) is 0 Å². The third kappa shape index (κ3) is 3.22. The van der Waals surface area contributed by atoms with Crippen molar-refractivity contribution in [3.63, 3.8) is 0 Å². The highest BCUT2D eigenvalue weighted by Gasteiger charge is 2.36. The highest BCUT2D eigenvalue weighted by Crippen LogP contribution is 2.23. The molecule has 2 heterocycles. The van der Waals surface area contributed by atoms with Crippen molar-refractivity contribution >= 4 is 17.5 Å². The molecule has 0 radical (unpaired) electrons. The minimum absolute atomic E-state index is 0.0287. The van der Waals surface area contributed by atoms with E-state index in [9.17, 15) is 9.18 Å². The number of halogens is 2. The smallest absolute Gasteiger partial charge is 0.257 e. The Morgan fingerprint density at radius 3 is 3.05 bits per heavy atom. The van der Waals surface area contributed by atoms with E-state index in [1.54, 1.807) is 4.90 Å². The third-order valence-electron chi connectivity index (χ3n) is 2.94. The van der Waals surface area contributed by atoms with E-state index in [0.29, 0.717) is 19.0 Å². The number of ether oxygens (including phenoxy) is 1. The lowest BCUT2D eigenvalue weighted by Crippen LogP contribution is -2.55. The molecular weight excluding hydrogens is 271 g/mol. The average Bonchev–Trinajstić information content (AvgIpc) is 2.36. The van der Waals surface area contributed by atoms with Crippen molar-refractivity contribution in [3.05, 3.63) is 29.8 Å². The molecule has 0 N–H and O–H groups in total. The van der Waals surface area contributed by atoms with Crippen molar-refractivity contribution in [2.75, 3.05) is 19.0 Å². The van der Waals surface area contributed by atoms with Crippen molar-refractivity contribution in [1.82, 2.24) is 9.88 Å². The van der Waals surface area contributed by atoms with Gasteiger partial charge < -0.3 is 9.64 Å². The van der Waals surface area contributed by atoms with Crippen LogP contribution in [0.5, 0.6) is 0 Å².